The number of benzene rings is 1. The number of ether oxygens (including phenoxy) is 1. The first-order valence-electron chi connectivity index (χ1n) is 14.4. The molecule has 8 nitrogen and oxygen atoms in total. The summed E-state index contributed by atoms with van der Waals surface area (Å²) in [7, 11) is 0. The van der Waals surface area contributed by atoms with Gasteiger partial charge in [-0.25, -0.2) is 0 Å². The molecule has 3 amide bonds. The summed E-state index contributed by atoms with van der Waals surface area (Å²) in [4.78, 5) is 48.1. The van der Waals surface area contributed by atoms with Crippen LogP contribution in [0.2, 0.25) is 0 Å². The van der Waals surface area contributed by atoms with E-state index in [1.54, 1.807) is 4.90 Å². The Morgan fingerprint density at radius 3 is 2.25 bits per heavy atom. The van der Waals surface area contributed by atoms with Gasteiger partial charge < -0.3 is 24.5 Å². The molecule has 1 spiro atoms. The van der Waals surface area contributed by atoms with Crippen LogP contribution in [0.25, 0.3) is 0 Å². The van der Waals surface area contributed by atoms with Gasteiger partial charge in [-0.3, -0.25) is 14.4 Å². The van der Waals surface area contributed by atoms with Crippen LogP contribution in [-0.2, 0) is 25.7 Å². The third kappa shape index (κ3) is 4.59. The second kappa shape index (κ2) is 9.84. The van der Waals surface area contributed by atoms with Gasteiger partial charge in [-0.05, 0) is 38.2 Å². The predicted octanol–water partition coefficient (Wildman–Crippen LogP) is 3.16. The maximum atomic E-state index is 14.5. The Labute approximate surface area is 237 Å². The Morgan fingerprint density at radius 1 is 0.925 bits per heavy atom. The summed E-state index contributed by atoms with van der Waals surface area (Å²) < 4.78 is 6.86. The maximum absolute atomic E-state index is 14.5. The maximum Gasteiger partial charge on any atom is 0.249 e. The second-order valence-corrected chi connectivity index (χ2v) is 13.8. The van der Waals surface area contributed by atoms with E-state index in [-0.39, 0.29) is 36.3 Å². The number of carbonyl (C=O) groups is 3. The van der Waals surface area contributed by atoms with Crippen molar-refractivity contribution in [2.75, 3.05) is 26.2 Å². The Kier molecular flexibility index (Phi) is 7.02. The average molecular weight is 550 g/mol. The quantitative estimate of drug-likeness (QED) is 0.551. The number of carbonyl (C=O) groups excluding carboxylic acids is 3. The number of nitrogens with zero attached hydrogens (tertiary/aromatic N) is 3. The topological polar surface area (TPSA) is 90.4 Å². The lowest BCUT2D eigenvalue weighted by Gasteiger charge is -2.44. The molecule has 0 aliphatic carbocycles. The van der Waals surface area contributed by atoms with E-state index in [9.17, 15) is 19.5 Å². The van der Waals surface area contributed by atoms with Crippen molar-refractivity contribution in [1.82, 2.24) is 14.7 Å². The fourth-order valence-corrected chi connectivity index (χ4v) is 7.80. The van der Waals surface area contributed by atoms with Crippen molar-refractivity contribution in [3.63, 3.8) is 0 Å². The summed E-state index contributed by atoms with van der Waals surface area (Å²) in [6.45, 7) is 13.3. The minimum Gasteiger partial charge on any atom is -0.395 e. The summed E-state index contributed by atoms with van der Waals surface area (Å²) >= 11 is 0. The van der Waals surface area contributed by atoms with Crippen molar-refractivity contribution >= 4 is 17.7 Å². The summed E-state index contributed by atoms with van der Waals surface area (Å²) in [5.41, 5.74) is -1.90. The fourth-order valence-electron chi connectivity index (χ4n) is 7.80. The molecule has 2 fully saturated rings. The van der Waals surface area contributed by atoms with E-state index in [4.69, 9.17) is 4.74 Å². The Hall–Kier alpha value is -2.97. The van der Waals surface area contributed by atoms with Gasteiger partial charge in [0.15, 0.2) is 0 Å². The van der Waals surface area contributed by atoms with Gasteiger partial charge in [0.25, 0.3) is 0 Å². The molecule has 1 N–H and O–H groups in total. The lowest BCUT2D eigenvalue weighted by Crippen LogP contribution is -2.60. The first-order chi connectivity index (χ1) is 18.7. The highest BCUT2D eigenvalue weighted by molar-refractivity contribution is 6.00. The van der Waals surface area contributed by atoms with Gasteiger partial charge in [0.2, 0.25) is 17.7 Å². The van der Waals surface area contributed by atoms with Crippen molar-refractivity contribution < 1.29 is 24.2 Å². The first kappa shape index (κ1) is 28.6. The van der Waals surface area contributed by atoms with E-state index in [0.29, 0.717) is 19.6 Å². The third-order valence-electron chi connectivity index (χ3n) is 8.89. The van der Waals surface area contributed by atoms with Crippen LogP contribution < -0.4 is 0 Å². The van der Waals surface area contributed by atoms with Gasteiger partial charge in [-0.2, -0.15) is 0 Å². The summed E-state index contributed by atoms with van der Waals surface area (Å²) in [5.74, 6) is -2.37. The molecular weight excluding hydrogens is 506 g/mol. The van der Waals surface area contributed by atoms with E-state index in [1.165, 1.54) is 4.90 Å². The molecule has 0 saturated carbocycles. The zero-order valence-corrected chi connectivity index (χ0v) is 24.6. The smallest absolute Gasteiger partial charge is 0.249 e. The first-order valence-corrected chi connectivity index (χ1v) is 14.4. The normalized spacial score (nSPS) is 32.2. The lowest BCUT2D eigenvalue weighted by molar-refractivity contribution is -0.156. The van der Waals surface area contributed by atoms with Gasteiger partial charge in [0.1, 0.15) is 11.6 Å². The summed E-state index contributed by atoms with van der Waals surface area (Å²) in [5, 5.41) is 9.95. The Morgan fingerprint density at radius 2 is 1.60 bits per heavy atom. The van der Waals surface area contributed by atoms with Crippen LogP contribution in [0, 0.1) is 17.3 Å². The number of β-amino-alcohol motifs (C(OH)–C–C–N with tert-alkyl or cyclic N) is 1. The van der Waals surface area contributed by atoms with Crippen LogP contribution >= 0.6 is 0 Å². The van der Waals surface area contributed by atoms with Gasteiger partial charge in [0, 0.05) is 31.7 Å². The molecule has 1 aromatic carbocycles. The zero-order valence-electron chi connectivity index (χ0n) is 24.6. The Balaban J connectivity index is 1.57. The third-order valence-corrected chi connectivity index (χ3v) is 8.89. The van der Waals surface area contributed by atoms with Crippen LogP contribution in [0.3, 0.4) is 0 Å². The van der Waals surface area contributed by atoms with E-state index >= 15 is 0 Å². The van der Waals surface area contributed by atoms with Crippen molar-refractivity contribution in [3.8, 4) is 0 Å². The predicted molar refractivity (Wildman–Crippen MR) is 152 cm³/mol. The van der Waals surface area contributed by atoms with E-state index in [1.807, 2.05) is 66.5 Å². The van der Waals surface area contributed by atoms with Gasteiger partial charge in [-0.1, -0.05) is 75.4 Å². The van der Waals surface area contributed by atoms with Crippen LogP contribution in [-0.4, -0.2) is 86.6 Å². The van der Waals surface area contributed by atoms with Gasteiger partial charge in [-0.15, -0.1) is 0 Å². The molecule has 2 saturated heterocycles. The van der Waals surface area contributed by atoms with Crippen LogP contribution in [0.1, 0.15) is 53.5 Å². The minimum absolute atomic E-state index is 0.000572. The highest BCUT2D eigenvalue weighted by Gasteiger charge is 2.74. The number of hydrogen-bond donors (Lipinski definition) is 1. The molecular formula is C32H43N3O5. The Bertz CT molecular complexity index is 1230. The number of aliphatic hydroxyl groups excluding tert-OH is 1. The van der Waals surface area contributed by atoms with Gasteiger partial charge in [0.05, 0.1) is 24.0 Å². The monoisotopic (exact) mass is 549 g/mol. The number of likely N-dealkylation sites (tertiary alicyclic amines) is 1. The molecule has 216 valence electrons. The van der Waals surface area contributed by atoms with Crippen LogP contribution in [0.4, 0.5) is 0 Å². The standard InChI is InChI=1S/C32H43N3O5/c1-29(2,3)21-30(4,5)35-17-11-15-32-24(27(38)34(18-19-36)25(32)28(35)39)23-26(37)33(16-10-14-31(23,6)40-32)20-22-12-8-7-9-13-22/h7-15,23-25,36H,16-21H2,1-6H3/t23-,24+,25?,31+,32+/m1/s1. The van der Waals surface area contributed by atoms with Crippen molar-refractivity contribution in [1.29, 1.82) is 0 Å². The van der Waals surface area contributed by atoms with E-state index in [2.05, 4.69) is 34.6 Å². The molecule has 5 atom stereocenters. The zero-order chi connectivity index (χ0) is 29.1. The highest BCUT2D eigenvalue weighted by Crippen LogP contribution is 2.57. The second-order valence-electron chi connectivity index (χ2n) is 13.8. The number of aliphatic hydroxyl groups is 1. The molecule has 5 rings (SSSR count). The minimum atomic E-state index is -1.31. The van der Waals surface area contributed by atoms with E-state index < -0.39 is 34.6 Å². The van der Waals surface area contributed by atoms with E-state index in [0.717, 1.165) is 12.0 Å². The molecule has 0 radical (unpaired) electrons. The molecule has 4 heterocycles. The lowest BCUT2D eigenvalue weighted by atomic mass is 9.74. The van der Waals surface area contributed by atoms with Crippen molar-refractivity contribution in [2.24, 2.45) is 17.3 Å². The molecule has 4 aliphatic rings. The number of rotatable bonds is 6. The molecule has 0 aromatic heterocycles. The molecule has 8 heteroatoms. The molecule has 1 aromatic rings. The summed E-state index contributed by atoms with van der Waals surface area (Å²) in [6.07, 6.45) is 8.39. The fraction of sp³-hybridized carbons (Fsp3) is 0.594. The number of amides is 3. The SMILES string of the molecule is CC(C)(C)CC(C)(C)N1CC=C[C@]23O[C@@]4(C)C=CCN(Cc5ccccc5)C(=O)[C@H]4[C@H]2C(=O)N(CCO)C3C1=O. The average Bonchev–Trinajstić information content (AvgIpc) is 3.11. The van der Waals surface area contributed by atoms with Crippen molar-refractivity contribution in [2.45, 2.75) is 77.3 Å². The highest BCUT2D eigenvalue weighted by atomic mass is 16.5. The summed E-state index contributed by atoms with van der Waals surface area (Å²) in [6, 6.07) is 8.81. The van der Waals surface area contributed by atoms with Gasteiger partial charge >= 0.3 is 0 Å². The molecule has 4 aliphatic heterocycles. The largest absolute Gasteiger partial charge is 0.395 e. The number of hydrogen-bond acceptors (Lipinski definition) is 5. The van der Waals surface area contributed by atoms with Crippen molar-refractivity contribution in [3.05, 3.63) is 60.2 Å². The number of fused-ring (bicyclic) bond motifs is 2. The molecule has 1 unspecified atom stereocenters. The molecule has 40 heavy (non-hydrogen) atoms. The van der Waals surface area contributed by atoms with Crippen LogP contribution in [0.15, 0.2) is 54.6 Å². The van der Waals surface area contributed by atoms with Crippen LogP contribution in [0.5, 0.6) is 0 Å². The molecule has 0 bridgehead atoms.